The molecule has 11 heteroatoms. The summed E-state index contributed by atoms with van der Waals surface area (Å²) in [6.45, 7) is 9.46. The van der Waals surface area contributed by atoms with Gasteiger partial charge in [0.2, 0.25) is 5.91 Å². The lowest BCUT2D eigenvalue weighted by Gasteiger charge is -2.33. The van der Waals surface area contributed by atoms with Gasteiger partial charge in [-0.15, -0.1) is 17.5 Å². The van der Waals surface area contributed by atoms with Gasteiger partial charge >= 0.3 is 6.18 Å². The van der Waals surface area contributed by atoms with Gasteiger partial charge in [-0.2, -0.15) is 18.2 Å². The van der Waals surface area contributed by atoms with Gasteiger partial charge in [0.05, 0.1) is 5.54 Å². The lowest BCUT2D eigenvalue weighted by molar-refractivity contribution is -0.144. The van der Waals surface area contributed by atoms with E-state index >= 15 is 0 Å². The van der Waals surface area contributed by atoms with Crippen LogP contribution in [-0.4, -0.2) is 37.6 Å². The van der Waals surface area contributed by atoms with E-state index in [1.165, 1.54) is 0 Å². The number of aryl methyl sites for hydroxylation is 2. The van der Waals surface area contributed by atoms with E-state index in [1.807, 2.05) is 20.8 Å². The Kier molecular flexibility index (Phi) is 7.41. The molecule has 2 aromatic heterocycles. The molecule has 0 aliphatic carbocycles. The van der Waals surface area contributed by atoms with E-state index < -0.39 is 17.5 Å². The molecule has 0 aromatic carbocycles. The van der Waals surface area contributed by atoms with Crippen molar-refractivity contribution < 1.29 is 18.0 Å². The predicted molar refractivity (Wildman–Crippen MR) is 101 cm³/mol. The van der Waals surface area contributed by atoms with Gasteiger partial charge in [0.25, 0.3) is 11.6 Å². The van der Waals surface area contributed by atoms with Crippen molar-refractivity contribution in [3.63, 3.8) is 0 Å². The Morgan fingerprint density at radius 1 is 1.25 bits per heavy atom. The fourth-order valence-corrected chi connectivity index (χ4v) is 2.74. The Morgan fingerprint density at radius 2 is 1.86 bits per heavy atom. The third kappa shape index (κ3) is 4.91. The van der Waals surface area contributed by atoms with Crippen LogP contribution in [0.15, 0.2) is 0 Å². The third-order valence-electron chi connectivity index (χ3n) is 5.03. The molecule has 0 fully saturated rings. The molecule has 0 aliphatic rings. The number of nitrogens with zero attached hydrogens (tertiary/aromatic N) is 4. The van der Waals surface area contributed by atoms with Gasteiger partial charge in [-0.3, -0.25) is 4.79 Å². The molecule has 28 heavy (non-hydrogen) atoms. The van der Waals surface area contributed by atoms with Gasteiger partial charge in [-0.05, 0) is 38.7 Å². The van der Waals surface area contributed by atoms with E-state index in [9.17, 15) is 18.0 Å². The van der Waals surface area contributed by atoms with E-state index in [2.05, 4.69) is 20.4 Å². The molecule has 1 atom stereocenters. The zero-order valence-electron chi connectivity index (χ0n) is 16.5. The number of halogens is 4. The van der Waals surface area contributed by atoms with Crippen LogP contribution in [0.5, 0.6) is 0 Å². The number of fused-ring (bicyclic) bond motifs is 1. The summed E-state index contributed by atoms with van der Waals surface area (Å²) in [5.74, 6) is -1.36. The monoisotopic (exact) mass is 422 g/mol. The molecule has 1 amide bonds. The van der Waals surface area contributed by atoms with Crippen LogP contribution in [0, 0.1) is 19.8 Å². The maximum atomic E-state index is 12.8. The summed E-state index contributed by atoms with van der Waals surface area (Å²) < 4.78 is 39.6. The Hall–Kier alpha value is -1.94. The summed E-state index contributed by atoms with van der Waals surface area (Å²) in [6, 6.07) is 0. The van der Waals surface area contributed by atoms with Crippen molar-refractivity contribution in [1.82, 2.24) is 24.9 Å². The summed E-state index contributed by atoms with van der Waals surface area (Å²) in [5.41, 5.74) is 6.95. The number of nitrogens with one attached hydrogen (secondary N) is 1. The lowest BCUT2D eigenvalue weighted by Crippen LogP contribution is -2.55. The minimum absolute atomic E-state index is 0. The van der Waals surface area contributed by atoms with Gasteiger partial charge in [0.1, 0.15) is 0 Å². The number of hydrogen-bond acceptors (Lipinski definition) is 5. The fourth-order valence-electron chi connectivity index (χ4n) is 2.74. The normalized spacial score (nSPS) is 14.1. The first-order valence-corrected chi connectivity index (χ1v) is 8.70. The number of alkyl halides is 3. The average molecular weight is 423 g/mol. The number of aromatic nitrogens is 4. The number of carbonyl (C=O) groups is 1. The Labute approximate surface area is 167 Å². The average Bonchev–Trinajstić information content (AvgIpc) is 2.98. The topological polar surface area (TPSA) is 98.2 Å². The van der Waals surface area contributed by atoms with Crippen LogP contribution in [0.3, 0.4) is 0 Å². The van der Waals surface area contributed by atoms with Crippen LogP contribution in [0.1, 0.15) is 50.0 Å². The Bertz CT molecular complexity index is 852. The number of hydrogen-bond donors (Lipinski definition) is 2. The zero-order chi connectivity index (χ0) is 20.6. The summed E-state index contributed by atoms with van der Waals surface area (Å²) in [4.78, 5) is 19.9. The third-order valence-corrected chi connectivity index (χ3v) is 5.03. The first kappa shape index (κ1) is 24.1. The highest BCUT2D eigenvalue weighted by molar-refractivity contribution is 5.85. The summed E-state index contributed by atoms with van der Waals surface area (Å²) in [7, 11) is 0. The van der Waals surface area contributed by atoms with E-state index in [1.54, 1.807) is 13.8 Å². The van der Waals surface area contributed by atoms with E-state index in [-0.39, 0.29) is 36.4 Å². The molecular formula is C17H26ClF3N6O. The first-order valence-electron chi connectivity index (χ1n) is 8.70. The van der Waals surface area contributed by atoms with Crippen molar-refractivity contribution in [3.05, 3.63) is 22.8 Å². The SMILES string of the molecule is Cc1nc2nc(C(F)(F)F)nn2c(C)c1CCC(=O)NC(C)(CN)C(C)C.Cl. The van der Waals surface area contributed by atoms with Gasteiger partial charge in [-0.1, -0.05) is 13.8 Å². The highest BCUT2D eigenvalue weighted by atomic mass is 35.5. The largest absolute Gasteiger partial charge is 0.453 e. The second-order valence-corrected chi connectivity index (χ2v) is 7.23. The van der Waals surface area contributed by atoms with Crippen molar-refractivity contribution in [3.8, 4) is 0 Å². The van der Waals surface area contributed by atoms with Crippen LogP contribution >= 0.6 is 12.4 Å². The number of amides is 1. The molecule has 2 heterocycles. The van der Waals surface area contributed by atoms with Crippen LogP contribution in [-0.2, 0) is 17.4 Å². The van der Waals surface area contributed by atoms with Crippen molar-refractivity contribution >= 4 is 24.1 Å². The molecule has 0 aliphatic heterocycles. The van der Waals surface area contributed by atoms with Crippen molar-refractivity contribution in [2.75, 3.05) is 6.54 Å². The van der Waals surface area contributed by atoms with Crippen molar-refractivity contribution in [2.45, 2.75) is 59.2 Å². The van der Waals surface area contributed by atoms with E-state index in [0.29, 0.717) is 29.9 Å². The maximum absolute atomic E-state index is 12.8. The summed E-state index contributed by atoms with van der Waals surface area (Å²) in [6.07, 6.45) is -4.15. The molecule has 158 valence electrons. The van der Waals surface area contributed by atoms with Crippen molar-refractivity contribution in [2.24, 2.45) is 11.7 Å². The summed E-state index contributed by atoms with van der Waals surface area (Å²) >= 11 is 0. The zero-order valence-corrected chi connectivity index (χ0v) is 17.3. The highest BCUT2D eigenvalue weighted by Gasteiger charge is 2.37. The molecule has 0 radical (unpaired) electrons. The van der Waals surface area contributed by atoms with Crippen LogP contribution < -0.4 is 11.1 Å². The standard InChI is InChI=1S/C17H25F3N6O.ClH/c1-9(2)16(5,8-21)24-13(27)7-6-12-10(3)22-15-23-14(17(18,19)20)25-26(15)11(12)4;/h9H,6-8,21H2,1-5H3,(H,24,27);1H. The van der Waals surface area contributed by atoms with Crippen molar-refractivity contribution in [1.29, 1.82) is 0 Å². The van der Waals surface area contributed by atoms with Gasteiger partial charge in [0.15, 0.2) is 0 Å². The van der Waals surface area contributed by atoms with Gasteiger partial charge in [-0.25, -0.2) is 9.50 Å². The summed E-state index contributed by atoms with van der Waals surface area (Å²) in [5, 5.41) is 6.45. The van der Waals surface area contributed by atoms with Gasteiger partial charge < -0.3 is 11.1 Å². The number of rotatable bonds is 6. The Morgan fingerprint density at radius 3 is 2.36 bits per heavy atom. The molecular weight excluding hydrogens is 397 g/mol. The first-order chi connectivity index (χ1) is 12.4. The second kappa shape index (κ2) is 8.60. The Balaban J connectivity index is 0.00000392. The smallest absolute Gasteiger partial charge is 0.349 e. The van der Waals surface area contributed by atoms with Crippen LogP contribution in [0.25, 0.3) is 5.78 Å². The highest BCUT2D eigenvalue weighted by Crippen LogP contribution is 2.27. The minimum atomic E-state index is -4.64. The maximum Gasteiger partial charge on any atom is 0.453 e. The molecule has 3 N–H and O–H groups in total. The molecule has 0 bridgehead atoms. The van der Waals surface area contributed by atoms with Gasteiger partial charge in [0, 0.05) is 24.4 Å². The molecule has 2 rings (SSSR count). The van der Waals surface area contributed by atoms with Crippen LogP contribution in [0.4, 0.5) is 13.2 Å². The lowest BCUT2D eigenvalue weighted by atomic mass is 9.88. The van der Waals surface area contributed by atoms with E-state index in [4.69, 9.17) is 5.73 Å². The van der Waals surface area contributed by atoms with E-state index in [0.717, 1.165) is 4.52 Å². The molecule has 0 saturated carbocycles. The van der Waals surface area contributed by atoms with Crippen LogP contribution in [0.2, 0.25) is 0 Å². The fraction of sp³-hybridized carbons (Fsp3) is 0.647. The number of nitrogens with two attached hydrogens (primary N) is 1. The minimum Gasteiger partial charge on any atom is -0.349 e. The molecule has 0 saturated heterocycles. The number of carbonyl (C=O) groups excluding carboxylic acids is 1. The second-order valence-electron chi connectivity index (χ2n) is 7.23. The predicted octanol–water partition coefficient (Wildman–Crippen LogP) is 2.60. The molecule has 2 aromatic rings. The quantitative estimate of drug-likeness (QED) is 0.745. The molecule has 7 nitrogen and oxygen atoms in total. The molecule has 1 unspecified atom stereocenters. The molecule has 0 spiro atoms.